The number of piperazine rings is 1. The smallest absolute Gasteiger partial charge is 0.249 e. The van der Waals surface area contributed by atoms with E-state index in [1.165, 1.54) is 0 Å². The molecule has 1 saturated heterocycles. The molecule has 2 N–H and O–H groups in total. The standard InChI is InChI=1S/C14H19N3O3/c1-3-11-14(20)16-13(19)8-17(11)9-5-6-10(15-7-9)12(18)4-2/h5-7,11-12,18H,3-4,8H2,1-2H3,(H,16,19,20)/t11?,12-/m1/s1. The zero-order valence-electron chi connectivity index (χ0n) is 11.7. The van der Waals surface area contributed by atoms with Crippen molar-refractivity contribution in [3.8, 4) is 0 Å². The molecule has 2 amide bonds. The number of rotatable bonds is 4. The van der Waals surface area contributed by atoms with Crippen LogP contribution in [0.4, 0.5) is 5.69 Å². The molecule has 1 aliphatic heterocycles. The number of imide groups is 1. The lowest BCUT2D eigenvalue weighted by Gasteiger charge is -2.35. The summed E-state index contributed by atoms with van der Waals surface area (Å²) in [7, 11) is 0. The molecule has 0 aliphatic carbocycles. The number of nitrogens with one attached hydrogen (secondary N) is 1. The van der Waals surface area contributed by atoms with Crippen LogP contribution in [0.2, 0.25) is 0 Å². The first-order valence-electron chi connectivity index (χ1n) is 6.81. The van der Waals surface area contributed by atoms with E-state index >= 15 is 0 Å². The maximum absolute atomic E-state index is 11.8. The Morgan fingerprint density at radius 3 is 2.75 bits per heavy atom. The average Bonchev–Trinajstić information content (AvgIpc) is 2.46. The van der Waals surface area contributed by atoms with Crippen LogP contribution >= 0.6 is 0 Å². The molecule has 0 aromatic carbocycles. The molecule has 108 valence electrons. The SMILES string of the molecule is CCC1C(=O)NC(=O)CN1c1ccc([C@H](O)CC)nc1. The van der Waals surface area contributed by atoms with Gasteiger partial charge < -0.3 is 10.0 Å². The molecule has 20 heavy (non-hydrogen) atoms. The fourth-order valence-corrected chi connectivity index (χ4v) is 2.32. The van der Waals surface area contributed by atoms with Crippen molar-refractivity contribution in [1.29, 1.82) is 0 Å². The van der Waals surface area contributed by atoms with Gasteiger partial charge in [0.1, 0.15) is 6.04 Å². The number of aliphatic hydroxyl groups is 1. The van der Waals surface area contributed by atoms with Crippen molar-refractivity contribution in [3.05, 3.63) is 24.0 Å². The Kier molecular flexibility index (Phi) is 4.34. The minimum atomic E-state index is -0.586. The zero-order valence-corrected chi connectivity index (χ0v) is 11.7. The number of anilines is 1. The molecule has 2 heterocycles. The summed E-state index contributed by atoms with van der Waals surface area (Å²) < 4.78 is 0. The highest BCUT2D eigenvalue weighted by molar-refractivity contribution is 6.04. The van der Waals surface area contributed by atoms with Gasteiger partial charge in [-0.2, -0.15) is 0 Å². The molecule has 2 rings (SSSR count). The molecule has 0 spiro atoms. The zero-order chi connectivity index (χ0) is 14.7. The molecule has 0 saturated carbocycles. The van der Waals surface area contributed by atoms with Crippen LogP contribution in [0.5, 0.6) is 0 Å². The first-order chi connectivity index (χ1) is 9.56. The van der Waals surface area contributed by atoms with Crippen molar-refractivity contribution in [1.82, 2.24) is 10.3 Å². The van der Waals surface area contributed by atoms with Crippen LogP contribution in [0, 0.1) is 0 Å². The number of aliphatic hydroxyl groups excluding tert-OH is 1. The summed E-state index contributed by atoms with van der Waals surface area (Å²) >= 11 is 0. The molecule has 1 fully saturated rings. The van der Waals surface area contributed by atoms with E-state index in [1.54, 1.807) is 23.2 Å². The van der Waals surface area contributed by atoms with E-state index in [-0.39, 0.29) is 24.4 Å². The van der Waals surface area contributed by atoms with Crippen LogP contribution in [-0.2, 0) is 9.59 Å². The second kappa shape index (κ2) is 6.00. The van der Waals surface area contributed by atoms with E-state index in [0.717, 1.165) is 0 Å². The maximum atomic E-state index is 11.8. The highest BCUT2D eigenvalue weighted by Gasteiger charge is 2.32. The third-order valence-electron chi connectivity index (χ3n) is 3.47. The van der Waals surface area contributed by atoms with Gasteiger partial charge in [0.15, 0.2) is 0 Å². The lowest BCUT2D eigenvalue weighted by Crippen LogP contribution is -2.58. The van der Waals surface area contributed by atoms with E-state index in [9.17, 15) is 14.7 Å². The highest BCUT2D eigenvalue weighted by Crippen LogP contribution is 2.22. The molecule has 6 nitrogen and oxygen atoms in total. The van der Waals surface area contributed by atoms with Gasteiger partial charge in [0, 0.05) is 0 Å². The van der Waals surface area contributed by atoms with Crippen LogP contribution < -0.4 is 10.2 Å². The summed E-state index contributed by atoms with van der Waals surface area (Å²) in [6, 6.07) is 3.15. The number of hydrogen-bond acceptors (Lipinski definition) is 5. The highest BCUT2D eigenvalue weighted by atomic mass is 16.3. The third kappa shape index (κ3) is 2.80. The predicted molar refractivity (Wildman–Crippen MR) is 74.1 cm³/mol. The molecule has 1 aromatic heterocycles. The number of pyridine rings is 1. The molecule has 0 bridgehead atoms. The maximum Gasteiger partial charge on any atom is 0.249 e. The van der Waals surface area contributed by atoms with Gasteiger partial charge in [-0.05, 0) is 25.0 Å². The summed E-state index contributed by atoms with van der Waals surface area (Å²) in [5.41, 5.74) is 1.31. The summed E-state index contributed by atoms with van der Waals surface area (Å²) in [6.45, 7) is 3.91. The minimum Gasteiger partial charge on any atom is -0.387 e. The Hall–Kier alpha value is -1.95. The Bertz CT molecular complexity index is 501. The normalized spacial score (nSPS) is 20.8. The van der Waals surface area contributed by atoms with Gasteiger partial charge in [-0.1, -0.05) is 13.8 Å². The van der Waals surface area contributed by atoms with Crippen molar-refractivity contribution in [2.75, 3.05) is 11.4 Å². The second-order valence-electron chi connectivity index (χ2n) is 4.83. The second-order valence-corrected chi connectivity index (χ2v) is 4.83. The van der Waals surface area contributed by atoms with Crippen LogP contribution in [0.1, 0.15) is 38.5 Å². The number of carbonyl (C=O) groups is 2. The number of carbonyl (C=O) groups excluding carboxylic acids is 2. The number of aromatic nitrogens is 1. The lowest BCUT2D eigenvalue weighted by molar-refractivity contribution is -0.132. The fraction of sp³-hybridized carbons (Fsp3) is 0.500. The van der Waals surface area contributed by atoms with Gasteiger partial charge >= 0.3 is 0 Å². The van der Waals surface area contributed by atoms with Crippen molar-refractivity contribution < 1.29 is 14.7 Å². The molecule has 0 radical (unpaired) electrons. The van der Waals surface area contributed by atoms with Gasteiger partial charge in [-0.3, -0.25) is 19.9 Å². The largest absolute Gasteiger partial charge is 0.387 e. The molecule has 1 aliphatic rings. The molecule has 6 heteroatoms. The van der Waals surface area contributed by atoms with Crippen LogP contribution in [-0.4, -0.2) is 34.5 Å². The van der Waals surface area contributed by atoms with E-state index in [1.807, 2.05) is 13.8 Å². The van der Waals surface area contributed by atoms with Crippen LogP contribution in [0.3, 0.4) is 0 Å². The van der Waals surface area contributed by atoms with E-state index in [4.69, 9.17) is 0 Å². The average molecular weight is 277 g/mol. The Labute approximate surface area is 117 Å². The lowest BCUT2D eigenvalue weighted by atomic mass is 10.1. The summed E-state index contributed by atoms with van der Waals surface area (Å²) in [5.74, 6) is -0.584. The number of hydrogen-bond donors (Lipinski definition) is 2. The molecular formula is C14H19N3O3. The molecule has 1 aromatic rings. The Morgan fingerprint density at radius 2 is 2.20 bits per heavy atom. The molecular weight excluding hydrogens is 258 g/mol. The molecule has 2 atom stereocenters. The van der Waals surface area contributed by atoms with Gasteiger partial charge in [0.05, 0.1) is 30.2 Å². The topological polar surface area (TPSA) is 82.5 Å². The molecule has 1 unspecified atom stereocenters. The Balaban J connectivity index is 2.24. The van der Waals surface area contributed by atoms with Crippen LogP contribution in [0.15, 0.2) is 18.3 Å². The summed E-state index contributed by atoms with van der Waals surface area (Å²) in [4.78, 5) is 29.3. The third-order valence-corrected chi connectivity index (χ3v) is 3.47. The van der Waals surface area contributed by atoms with Crippen LogP contribution in [0.25, 0.3) is 0 Å². The first kappa shape index (κ1) is 14.5. The summed E-state index contributed by atoms with van der Waals surface area (Å²) in [5, 5.41) is 12.1. The number of amides is 2. The van der Waals surface area contributed by atoms with Crippen molar-refractivity contribution in [2.24, 2.45) is 0 Å². The fourth-order valence-electron chi connectivity index (χ4n) is 2.32. The van der Waals surface area contributed by atoms with Crippen molar-refractivity contribution in [3.63, 3.8) is 0 Å². The first-order valence-corrected chi connectivity index (χ1v) is 6.81. The van der Waals surface area contributed by atoms with Gasteiger partial charge in [-0.25, -0.2) is 0 Å². The van der Waals surface area contributed by atoms with Gasteiger partial charge in [-0.15, -0.1) is 0 Å². The Morgan fingerprint density at radius 1 is 1.45 bits per heavy atom. The number of nitrogens with zero attached hydrogens (tertiary/aromatic N) is 2. The predicted octanol–water partition coefficient (Wildman–Crippen LogP) is 0.766. The van der Waals surface area contributed by atoms with E-state index < -0.39 is 6.10 Å². The van der Waals surface area contributed by atoms with Gasteiger partial charge in [0.25, 0.3) is 0 Å². The van der Waals surface area contributed by atoms with Gasteiger partial charge in [0.2, 0.25) is 11.8 Å². The van der Waals surface area contributed by atoms with Crippen molar-refractivity contribution >= 4 is 17.5 Å². The summed E-state index contributed by atoms with van der Waals surface area (Å²) in [6.07, 6.45) is 2.22. The quantitative estimate of drug-likeness (QED) is 0.794. The minimum absolute atomic E-state index is 0.140. The van der Waals surface area contributed by atoms with E-state index in [2.05, 4.69) is 10.3 Å². The van der Waals surface area contributed by atoms with E-state index in [0.29, 0.717) is 24.2 Å². The van der Waals surface area contributed by atoms with Crippen molar-refractivity contribution in [2.45, 2.75) is 38.8 Å². The monoisotopic (exact) mass is 277 g/mol.